The van der Waals surface area contributed by atoms with Gasteiger partial charge in [0.05, 0.1) is 12.1 Å². The molecule has 0 saturated carbocycles. The Morgan fingerprint density at radius 1 is 1.07 bits per heavy atom. The molecule has 0 bridgehead atoms. The molecule has 0 spiro atoms. The zero-order valence-corrected chi connectivity index (χ0v) is 18.1. The van der Waals surface area contributed by atoms with E-state index in [9.17, 15) is 9.18 Å². The van der Waals surface area contributed by atoms with E-state index in [0.29, 0.717) is 23.9 Å². The summed E-state index contributed by atoms with van der Waals surface area (Å²) < 4.78 is 13.9. The highest BCUT2D eigenvalue weighted by atomic mass is 32.2. The summed E-state index contributed by atoms with van der Waals surface area (Å²) >= 11 is 1.82. The van der Waals surface area contributed by atoms with Crippen LogP contribution in [-0.4, -0.2) is 55.3 Å². The van der Waals surface area contributed by atoms with Gasteiger partial charge in [0.15, 0.2) is 0 Å². The second-order valence-electron chi connectivity index (χ2n) is 7.62. The molecule has 1 fully saturated rings. The molecule has 2 aromatic carbocycles. The lowest BCUT2D eigenvalue weighted by atomic mass is 10.1. The van der Waals surface area contributed by atoms with Crippen LogP contribution in [0.25, 0.3) is 0 Å². The second-order valence-corrected chi connectivity index (χ2v) is 9.27. The van der Waals surface area contributed by atoms with E-state index >= 15 is 0 Å². The number of hydrogen-bond acceptors (Lipinski definition) is 4. The molecule has 1 N–H and O–H groups in total. The number of nitrogens with one attached hydrogen (secondary N) is 1. The maximum atomic E-state index is 13.9. The number of rotatable bonds is 8. The van der Waals surface area contributed by atoms with Gasteiger partial charge in [0.25, 0.3) is 0 Å². The normalized spacial score (nSPS) is 15.0. The van der Waals surface area contributed by atoms with Crippen molar-refractivity contribution in [3.05, 3.63) is 59.9 Å². The predicted octanol–water partition coefficient (Wildman–Crippen LogP) is 3.81. The number of halogens is 1. The molecule has 1 amide bonds. The maximum absolute atomic E-state index is 13.9. The van der Waals surface area contributed by atoms with Gasteiger partial charge in [-0.15, -0.1) is 11.8 Å². The van der Waals surface area contributed by atoms with Crippen LogP contribution in [0.3, 0.4) is 0 Å². The summed E-state index contributed by atoms with van der Waals surface area (Å²) in [4.78, 5) is 17.8. The number of carbonyl (C=O) groups excluding carboxylic acids is 1. The molecule has 1 aliphatic heterocycles. The third kappa shape index (κ3) is 6.75. The first-order valence-electron chi connectivity index (χ1n) is 10.3. The Morgan fingerprint density at radius 2 is 1.76 bits per heavy atom. The Balaban J connectivity index is 1.35. The number of anilines is 1. The molecule has 0 atom stereocenters. The number of thioether (sulfide) groups is 1. The summed E-state index contributed by atoms with van der Waals surface area (Å²) in [6.45, 7) is 9.15. The van der Waals surface area contributed by atoms with E-state index in [0.717, 1.165) is 38.3 Å². The van der Waals surface area contributed by atoms with E-state index in [-0.39, 0.29) is 11.7 Å². The standard InChI is InChI=1S/C23H30FN3OS/c1-18(2)29-20-9-7-19(8-10-20)17-23(28)25-11-12-26-13-15-27(16-14-26)22-6-4-3-5-21(22)24/h3-10,18H,11-17H2,1-2H3,(H,25,28). The molecule has 2 aromatic rings. The van der Waals surface area contributed by atoms with Gasteiger partial charge in [-0.2, -0.15) is 0 Å². The number of hydrogen-bond donors (Lipinski definition) is 1. The van der Waals surface area contributed by atoms with Gasteiger partial charge in [-0.05, 0) is 29.8 Å². The van der Waals surface area contributed by atoms with Crippen molar-refractivity contribution in [1.29, 1.82) is 0 Å². The van der Waals surface area contributed by atoms with Crippen molar-refractivity contribution in [1.82, 2.24) is 10.2 Å². The molecular formula is C23H30FN3OS. The summed E-state index contributed by atoms with van der Waals surface area (Å²) in [5.74, 6) is -0.108. The number of amides is 1. The van der Waals surface area contributed by atoms with Gasteiger partial charge in [0, 0.05) is 49.4 Å². The van der Waals surface area contributed by atoms with Gasteiger partial charge < -0.3 is 10.2 Å². The Hall–Kier alpha value is -2.05. The number of benzene rings is 2. The number of para-hydroxylation sites is 1. The van der Waals surface area contributed by atoms with Crippen molar-refractivity contribution in [3.63, 3.8) is 0 Å². The molecule has 29 heavy (non-hydrogen) atoms. The number of nitrogens with zero attached hydrogens (tertiary/aromatic N) is 2. The Bertz CT molecular complexity index is 789. The molecule has 1 saturated heterocycles. The minimum absolute atomic E-state index is 0.0549. The van der Waals surface area contributed by atoms with Crippen molar-refractivity contribution < 1.29 is 9.18 Å². The fraction of sp³-hybridized carbons (Fsp3) is 0.435. The fourth-order valence-corrected chi connectivity index (χ4v) is 4.32. The smallest absolute Gasteiger partial charge is 0.224 e. The van der Waals surface area contributed by atoms with Gasteiger partial charge in [-0.25, -0.2) is 4.39 Å². The van der Waals surface area contributed by atoms with Crippen molar-refractivity contribution in [2.75, 3.05) is 44.2 Å². The first kappa shape index (κ1) is 21.7. The van der Waals surface area contributed by atoms with Crippen molar-refractivity contribution in [2.24, 2.45) is 0 Å². The van der Waals surface area contributed by atoms with E-state index < -0.39 is 0 Å². The van der Waals surface area contributed by atoms with Gasteiger partial charge in [-0.3, -0.25) is 9.69 Å². The van der Waals surface area contributed by atoms with E-state index in [4.69, 9.17) is 0 Å². The predicted molar refractivity (Wildman–Crippen MR) is 119 cm³/mol. The molecule has 1 aliphatic rings. The number of carbonyl (C=O) groups is 1. The summed E-state index contributed by atoms with van der Waals surface area (Å²) in [6, 6.07) is 15.2. The third-order valence-corrected chi connectivity index (χ3v) is 5.99. The van der Waals surface area contributed by atoms with Crippen molar-refractivity contribution in [3.8, 4) is 0 Å². The van der Waals surface area contributed by atoms with Crippen molar-refractivity contribution >= 4 is 23.4 Å². The average Bonchev–Trinajstić information content (AvgIpc) is 2.70. The van der Waals surface area contributed by atoms with E-state index in [2.05, 4.69) is 41.1 Å². The highest BCUT2D eigenvalue weighted by Crippen LogP contribution is 2.23. The first-order valence-corrected chi connectivity index (χ1v) is 11.1. The van der Waals surface area contributed by atoms with Crippen molar-refractivity contribution in [2.45, 2.75) is 30.4 Å². The van der Waals surface area contributed by atoms with Crippen LogP contribution in [0.5, 0.6) is 0 Å². The van der Waals surface area contributed by atoms with Crippen LogP contribution in [-0.2, 0) is 11.2 Å². The van der Waals surface area contributed by atoms with Crippen LogP contribution in [0.4, 0.5) is 10.1 Å². The minimum Gasteiger partial charge on any atom is -0.367 e. The average molecular weight is 416 g/mol. The van der Waals surface area contributed by atoms with Crippen LogP contribution >= 0.6 is 11.8 Å². The molecule has 0 aliphatic carbocycles. The summed E-state index contributed by atoms with van der Waals surface area (Å²) in [5.41, 5.74) is 1.72. The Kier molecular flexibility index (Phi) is 7.95. The zero-order valence-electron chi connectivity index (χ0n) is 17.2. The molecule has 6 heteroatoms. The summed E-state index contributed by atoms with van der Waals surface area (Å²) in [5, 5.41) is 3.57. The second kappa shape index (κ2) is 10.6. The number of piperazine rings is 1. The van der Waals surface area contributed by atoms with Gasteiger partial charge >= 0.3 is 0 Å². The molecule has 3 rings (SSSR count). The van der Waals surface area contributed by atoms with Crippen LogP contribution in [0, 0.1) is 5.82 Å². The quantitative estimate of drug-likeness (QED) is 0.665. The third-order valence-electron chi connectivity index (χ3n) is 4.98. The largest absolute Gasteiger partial charge is 0.367 e. The van der Waals surface area contributed by atoms with Gasteiger partial charge in [0.2, 0.25) is 5.91 Å². The molecular weight excluding hydrogens is 385 g/mol. The highest BCUT2D eigenvalue weighted by Gasteiger charge is 2.19. The zero-order chi connectivity index (χ0) is 20.6. The SMILES string of the molecule is CC(C)Sc1ccc(CC(=O)NCCN2CCN(c3ccccc3F)CC2)cc1. The molecule has 1 heterocycles. The summed E-state index contributed by atoms with van der Waals surface area (Å²) in [7, 11) is 0. The minimum atomic E-state index is -0.163. The van der Waals surface area contributed by atoms with Gasteiger partial charge in [-0.1, -0.05) is 38.1 Å². The van der Waals surface area contributed by atoms with Gasteiger partial charge in [0.1, 0.15) is 5.82 Å². The lowest BCUT2D eigenvalue weighted by molar-refractivity contribution is -0.120. The maximum Gasteiger partial charge on any atom is 0.224 e. The lowest BCUT2D eigenvalue weighted by Crippen LogP contribution is -2.48. The fourth-order valence-electron chi connectivity index (χ4n) is 3.48. The summed E-state index contributed by atoms with van der Waals surface area (Å²) in [6.07, 6.45) is 0.410. The monoisotopic (exact) mass is 415 g/mol. The topological polar surface area (TPSA) is 35.6 Å². The molecule has 0 radical (unpaired) electrons. The van der Waals surface area contributed by atoms with Crippen LogP contribution in [0.15, 0.2) is 53.4 Å². The Labute approximate surface area is 177 Å². The molecule has 0 aromatic heterocycles. The van der Waals surface area contributed by atoms with E-state index in [1.807, 2.05) is 36.0 Å². The lowest BCUT2D eigenvalue weighted by Gasteiger charge is -2.36. The van der Waals surface area contributed by atoms with Crippen LogP contribution in [0.2, 0.25) is 0 Å². The Morgan fingerprint density at radius 3 is 2.41 bits per heavy atom. The highest BCUT2D eigenvalue weighted by molar-refractivity contribution is 7.99. The van der Waals surface area contributed by atoms with E-state index in [1.54, 1.807) is 6.07 Å². The van der Waals surface area contributed by atoms with Crippen LogP contribution < -0.4 is 10.2 Å². The van der Waals surface area contributed by atoms with E-state index in [1.165, 1.54) is 11.0 Å². The van der Waals surface area contributed by atoms with Crippen LogP contribution in [0.1, 0.15) is 19.4 Å². The molecule has 4 nitrogen and oxygen atoms in total. The first-order chi connectivity index (χ1) is 14.0. The molecule has 0 unspecified atom stereocenters. The molecule has 156 valence electrons.